The van der Waals surface area contributed by atoms with Crippen molar-refractivity contribution in [3.63, 3.8) is 0 Å². The van der Waals surface area contributed by atoms with E-state index < -0.39 is 0 Å². The van der Waals surface area contributed by atoms with Gasteiger partial charge in [0.15, 0.2) is 0 Å². The van der Waals surface area contributed by atoms with Gasteiger partial charge in [-0.25, -0.2) is 0 Å². The van der Waals surface area contributed by atoms with E-state index in [1.807, 2.05) is 14.1 Å². The molecule has 0 heterocycles. The fourth-order valence-electron chi connectivity index (χ4n) is 1.69. The lowest BCUT2D eigenvalue weighted by Crippen LogP contribution is -2.42. The van der Waals surface area contributed by atoms with E-state index >= 15 is 0 Å². The molecular formula is C9H16NO2. The highest BCUT2D eigenvalue weighted by Crippen LogP contribution is 2.22. The van der Waals surface area contributed by atoms with E-state index in [4.69, 9.17) is 4.74 Å². The molecule has 1 radical (unpaired) electrons. The van der Waals surface area contributed by atoms with Crippen LogP contribution in [0.5, 0.6) is 0 Å². The summed E-state index contributed by atoms with van der Waals surface area (Å²) in [6, 6.07) is 0.365. The van der Waals surface area contributed by atoms with Gasteiger partial charge in [0.2, 0.25) is 0 Å². The van der Waals surface area contributed by atoms with Gasteiger partial charge in [0, 0.05) is 12.5 Å². The van der Waals surface area contributed by atoms with Crippen molar-refractivity contribution >= 4 is 6.47 Å². The van der Waals surface area contributed by atoms with Crippen LogP contribution in [0, 0.1) is 6.42 Å². The van der Waals surface area contributed by atoms with Crippen molar-refractivity contribution in [2.75, 3.05) is 14.1 Å². The number of hydrogen-bond donors (Lipinski definition) is 0. The van der Waals surface area contributed by atoms with Gasteiger partial charge in [0.25, 0.3) is 6.47 Å². The van der Waals surface area contributed by atoms with Crippen LogP contribution in [0.4, 0.5) is 0 Å². The van der Waals surface area contributed by atoms with Crippen molar-refractivity contribution in [3.8, 4) is 0 Å². The van der Waals surface area contributed by atoms with Gasteiger partial charge in [-0.05, 0) is 26.9 Å². The minimum Gasteiger partial charge on any atom is -0.463 e. The first-order chi connectivity index (χ1) is 5.75. The Hall–Kier alpha value is -0.570. The Bertz CT molecular complexity index is 147. The van der Waals surface area contributed by atoms with Gasteiger partial charge < -0.3 is 9.64 Å². The maximum Gasteiger partial charge on any atom is 0.293 e. The molecule has 0 bridgehead atoms. The molecule has 2 unspecified atom stereocenters. The number of carbonyl (C=O) groups is 1. The van der Waals surface area contributed by atoms with Gasteiger partial charge in [-0.2, -0.15) is 0 Å². The fourth-order valence-corrected chi connectivity index (χ4v) is 1.69. The molecule has 12 heavy (non-hydrogen) atoms. The predicted octanol–water partition coefficient (Wildman–Crippen LogP) is 0.846. The summed E-state index contributed by atoms with van der Waals surface area (Å²) in [4.78, 5) is 12.3. The molecule has 3 heteroatoms. The molecule has 69 valence electrons. The first-order valence-corrected chi connectivity index (χ1v) is 4.34. The van der Waals surface area contributed by atoms with Crippen molar-refractivity contribution in [3.05, 3.63) is 6.42 Å². The molecule has 0 aliphatic heterocycles. The third-order valence-electron chi connectivity index (χ3n) is 2.36. The topological polar surface area (TPSA) is 29.5 Å². The summed E-state index contributed by atoms with van der Waals surface area (Å²) in [5, 5.41) is 0. The first kappa shape index (κ1) is 9.52. The summed E-state index contributed by atoms with van der Waals surface area (Å²) in [5.74, 6) is 0. The molecule has 0 amide bonds. The zero-order valence-corrected chi connectivity index (χ0v) is 7.69. The molecule has 0 aromatic rings. The smallest absolute Gasteiger partial charge is 0.293 e. The lowest BCUT2D eigenvalue weighted by Gasteiger charge is -2.34. The molecule has 0 N–H and O–H groups in total. The van der Waals surface area contributed by atoms with Crippen molar-refractivity contribution in [2.45, 2.75) is 31.4 Å². The highest BCUT2D eigenvalue weighted by atomic mass is 16.5. The van der Waals surface area contributed by atoms with Crippen molar-refractivity contribution < 1.29 is 9.53 Å². The van der Waals surface area contributed by atoms with E-state index in [1.54, 1.807) is 0 Å². The van der Waals surface area contributed by atoms with Crippen LogP contribution in [0.3, 0.4) is 0 Å². The molecule has 1 fully saturated rings. The summed E-state index contributed by atoms with van der Waals surface area (Å²) in [6.07, 6.45) is 5.45. The third kappa shape index (κ3) is 2.21. The standard InChI is InChI=1S/C9H16NO2/c1-10(2)8-5-3-4-6-9(8)12-7-11/h6-9H,3-5H2,1-2H3. The number of likely N-dealkylation sites (N-methyl/N-ethyl adjacent to an activating group) is 1. The minimum absolute atomic E-state index is 0.00810. The third-order valence-corrected chi connectivity index (χ3v) is 2.36. The van der Waals surface area contributed by atoms with Crippen LogP contribution in [0.15, 0.2) is 0 Å². The summed E-state index contributed by atoms with van der Waals surface area (Å²) in [5.41, 5.74) is 0. The molecule has 0 saturated heterocycles. The van der Waals surface area contributed by atoms with Crippen molar-refractivity contribution in [1.82, 2.24) is 4.90 Å². The second-order valence-electron chi connectivity index (χ2n) is 3.39. The zero-order chi connectivity index (χ0) is 8.97. The van der Waals surface area contributed by atoms with Crippen molar-refractivity contribution in [1.29, 1.82) is 0 Å². The summed E-state index contributed by atoms with van der Waals surface area (Å²) in [6.45, 7) is 0.545. The Morgan fingerprint density at radius 3 is 2.92 bits per heavy atom. The highest BCUT2D eigenvalue weighted by molar-refractivity contribution is 5.38. The van der Waals surface area contributed by atoms with Gasteiger partial charge >= 0.3 is 0 Å². The number of nitrogens with zero attached hydrogens (tertiary/aromatic N) is 1. The maximum atomic E-state index is 10.2. The normalized spacial score (nSPS) is 30.2. The van der Waals surface area contributed by atoms with E-state index in [-0.39, 0.29) is 6.10 Å². The summed E-state index contributed by atoms with van der Waals surface area (Å²) in [7, 11) is 4.04. The van der Waals surface area contributed by atoms with Crippen LogP contribution < -0.4 is 0 Å². The largest absolute Gasteiger partial charge is 0.463 e. The second-order valence-corrected chi connectivity index (χ2v) is 3.39. The molecule has 0 aromatic heterocycles. The first-order valence-electron chi connectivity index (χ1n) is 4.34. The van der Waals surface area contributed by atoms with Crippen LogP contribution >= 0.6 is 0 Å². The van der Waals surface area contributed by atoms with Gasteiger partial charge in [-0.3, -0.25) is 4.79 Å². The number of ether oxygens (including phenoxy) is 1. The molecule has 1 rings (SSSR count). The quantitative estimate of drug-likeness (QED) is 0.588. The van der Waals surface area contributed by atoms with E-state index in [2.05, 4.69) is 11.3 Å². The lowest BCUT2D eigenvalue weighted by molar-refractivity contribution is -0.135. The van der Waals surface area contributed by atoms with Gasteiger partial charge in [-0.15, -0.1) is 0 Å². The zero-order valence-electron chi connectivity index (χ0n) is 7.69. The van der Waals surface area contributed by atoms with Crippen molar-refractivity contribution in [2.24, 2.45) is 0 Å². The fraction of sp³-hybridized carbons (Fsp3) is 0.778. The van der Waals surface area contributed by atoms with Crippen LogP contribution in [0.2, 0.25) is 0 Å². The molecule has 0 spiro atoms. The monoisotopic (exact) mass is 170 g/mol. The SMILES string of the molecule is CN(C)C1CCC[CH]C1OC=O. The summed E-state index contributed by atoms with van der Waals surface area (Å²) < 4.78 is 4.98. The summed E-state index contributed by atoms with van der Waals surface area (Å²) >= 11 is 0. The second kappa shape index (κ2) is 4.45. The lowest BCUT2D eigenvalue weighted by atomic mass is 9.92. The Kier molecular flexibility index (Phi) is 3.53. The maximum absolute atomic E-state index is 10.2. The van der Waals surface area contributed by atoms with E-state index in [0.29, 0.717) is 12.5 Å². The molecule has 3 nitrogen and oxygen atoms in total. The van der Waals surface area contributed by atoms with Gasteiger partial charge in [0.05, 0.1) is 0 Å². The Morgan fingerprint density at radius 2 is 2.33 bits per heavy atom. The Labute approximate surface area is 73.7 Å². The number of carbonyl (C=O) groups excluding carboxylic acids is 1. The van der Waals surface area contributed by atoms with E-state index in [9.17, 15) is 4.79 Å². The molecule has 1 saturated carbocycles. The van der Waals surface area contributed by atoms with Gasteiger partial charge in [0.1, 0.15) is 6.10 Å². The average molecular weight is 170 g/mol. The predicted molar refractivity (Wildman–Crippen MR) is 46.6 cm³/mol. The molecule has 1 aliphatic rings. The van der Waals surface area contributed by atoms with Crippen LogP contribution in [0.25, 0.3) is 0 Å². The van der Waals surface area contributed by atoms with E-state index in [0.717, 1.165) is 12.8 Å². The highest BCUT2D eigenvalue weighted by Gasteiger charge is 2.27. The number of hydrogen-bond acceptors (Lipinski definition) is 3. The Balaban J connectivity index is 2.47. The molecule has 2 atom stereocenters. The Morgan fingerprint density at radius 1 is 1.58 bits per heavy atom. The number of rotatable bonds is 3. The van der Waals surface area contributed by atoms with Crippen LogP contribution in [0.1, 0.15) is 19.3 Å². The van der Waals surface area contributed by atoms with Crippen LogP contribution in [-0.2, 0) is 9.53 Å². The molecule has 1 aliphatic carbocycles. The minimum atomic E-state index is -0.00810. The molecule has 0 aromatic carbocycles. The molecular weight excluding hydrogens is 154 g/mol. The van der Waals surface area contributed by atoms with Crippen LogP contribution in [-0.4, -0.2) is 37.6 Å². The van der Waals surface area contributed by atoms with Gasteiger partial charge in [-0.1, -0.05) is 6.42 Å². The van der Waals surface area contributed by atoms with E-state index in [1.165, 1.54) is 6.42 Å². The average Bonchev–Trinajstić information content (AvgIpc) is 2.05.